The number of aryl methyl sites for hydroxylation is 1. The van der Waals surface area contributed by atoms with Crippen molar-refractivity contribution in [2.75, 3.05) is 19.8 Å². The van der Waals surface area contributed by atoms with Gasteiger partial charge in [-0.3, -0.25) is 9.48 Å². The summed E-state index contributed by atoms with van der Waals surface area (Å²) in [6, 6.07) is 0. The lowest BCUT2D eigenvalue weighted by Gasteiger charge is -2.35. The Bertz CT molecular complexity index is 398. The number of rotatable bonds is 3. The molecule has 17 heavy (non-hydrogen) atoms. The van der Waals surface area contributed by atoms with Crippen molar-refractivity contribution < 1.29 is 14.6 Å². The second-order valence-electron chi connectivity index (χ2n) is 4.28. The third-order valence-corrected chi connectivity index (χ3v) is 2.97. The number of aromatic nitrogens is 3. The Morgan fingerprint density at radius 2 is 2.35 bits per heavy atom. The summed E-state index contributed by atoms with van der Waals surface area (Å²) in [6.07, 6.45) is 2.75. The van der Waals surface area contributed by atoms with Crippen molar-refractivity contribution in [2.45, 2.75) is 18.4 Å². The van der Waals surface area contributed by atoms with Crippen molar-refractivity contribution in [1.29, 1.82) is 0 Å². The molecule has 0 aromatic carbocycles. The minimum atomic E-state index is -0.590. The van der Waals surface area contributed by atoms with E-state index in [1.165, 1.54) is 4.68 Å². The highest BCUT2D eigenvalue weighted by Gasteiger charge is 2.34. The third-order valence-electron chi connectivity index (χ3n) is 2.97. The Hall–Kier alpha value is -1.47. The predicted octanol–water partition coefficient (Wildman–Crippen LogP) is -0.914. The van der Waals surface area contributed by atoms with E-state index in [1.807, 2.05) is 0 Å². The second kappa shape index (κ2) is 4.80. The van der Waals surface area contributed by atoms with Crippen molar-refractivity contribution in [1.82, 2.24) is 20.3 Å². The van der Waals surface area contributed by atoms with Crippen LogP contribution in [0.3, 0.4) is 0 Å². The minimum absolute atomic E-state index is 0.0949. The highest BCUT2D eigenvalue weighted by Crippen LogP contribution is 2.20. The monoisotopic (exact) mass is 240 g/mol. The lowest BCUT2D eigenvalue weighted by atomic mass is 9.91. The second-order valence-corrected chi connectivity index (χ2v) is 4.28. The zero-order chi connectivity index (χ0) is 12.3. The van der Waals surface area contributed by atoms with Crippen LogP contribution in [0.1, 0.15) is 23.3 Å². The maximum atomic E-state index is 11.9. The van der Waals surface area contributed by atoms with Gasteiger partial charge in [0, 0.05) is 20.3 Å². The molecule has 2 heterocycles. The topological polar surface area (TPSA) is 89.3 Å². The SMILES string of the molecule is Cn1cc(C(=O)NC2(CO)CCOCC2)nn1. The number of nitrogens with zero attached hydrogens (tertiary/aromatic N) is 3. The molecule has 2 rings (SSSR count). The van der Waals surface area contributed by atoms with E-state index >= 15 is 0 Å². The standard InChI is InChI=1S/C10H16N4O3/c1-14-6-8(12-13-14)9(16)11-10(7-15)2-4-17-5-3-10/h6,15H,2-5,7H2,1H3,(H,11,16). The van der Waals surface area contributed by atoms with Gasteiger partial charge in [0.15, 0.2) is 5.69 Å². The van der Waals surface area contributed by atoms with Crippen LogP contribution < -0.4 is 5.32 Å². The molecule has 0 radical (unpaired) electrons. The molecular formula is C10H16N4O3. The Morgan fingerprint density at radius 1 is 1.65 bits per heavy atom. The molecule has 1 aliphatic heterocycles. The normalized spacial score (nSPS) is 18.9. The first-order valence-corrected chi connectivity index (χ1v) is 5.53. The molecule has 1 saturated heterocycles. The molecule has 0 spiro atoms. The van der Waals surface area contributed by atoms with Crippen LogP contribution in [0.25, 0.3) is 0 Å². The summed E-state index contributed by atoms with van der Waals surface area (Å²) in [5, 5.41) is 19.7. The van der Waals surface area contributed by atoms with Gasteiger partial charge < -0.3 is 15.2 Å². The van der Waals surface area contributed by atoms with Gasteiger partial charge in [0.25, 0.3) is 5.91 Å². The highest BCUT2D eigenvalue weighted by molar-refractivity contribution is 5.92. The van der Waals surface area contributed by atoms with Gasteiger partial charge in [-0.1, -0.05) is 5.21 Å². The quantitative estimate of drug-likeness (QED) is 0.713. The van der Waals surface area contributed by atoms with Crippen LogP contribution >= 0.6 is 0 Å². The minimum Gasteiger partial charge on any atom is -0.394 e. The highest BCUT2D eigenvalue weighted by atomic mass is 16.5. The first-order valence-electron chi connectivity index (χ1n) is 5.53. The van der Waals surface area contributed by atoms with Crippen molar-refractivity contribution in [3.63, 3.8) is 0 Å². The fourth-order valence-corrected chi connectivity index (χ4v) is 1.84. The Labute approximate surface area is 98.8 Å². The zero-order valence-corrected chi connectivity index (χ0v) is 9.72. The lowest BCUT2D eigenvalue weighted by molar-refractivity contribution is 0.0124. The largest absolute Gasteiger partial charge is 0.394 e. The molecule has 0 unspecified atom stereocenters. The van der Waals surface area contributed by atoms with E-state index in [-0.39, 0.29) is 18.2 Å². The molecule has 1 amide bonds. The van der Waals surface area contributed by atoms with Gasteiger partial charge in [-0.05, 0) is 12.8 Å². The molecule has 1 aromatic heterocycles. The van der Waals surface area contributed by atoms with E-state index in [1.54, 1.807) is 13.2 Å². The first-order chi connectivity index (χ1) is 8.15. The summed E-state index contributed by atoms with van der Waals surface area (Å²) in [7, 11) is 1.69. The Balaban J connectivity index is 2.05. The van der Waals surface area contributed by atoms with Crippen LogP contribution in [0.4, 0.5) is 0 Å². The van der Waals surface area contributed by atoms with E-state index in [9.17, 15) is 9.90 Å². The van der Waals surface area contributed by atoms with Gasteiger partial charge in [-0.25, -0.2) is 0 Å². The smallest absolute Gasteiger partial charge is 0.273 e. The maximum absolute atomic E-state index is 11.9. The summed E-state index contributed by atoms with van der Waals surface area (Å²) in [5.41, 5.74) is -0.334. The third kappa shape index (κ3) is 2.62. The first kappa shape index (κ1) is 12.0. The summed E-state index contributed by atoms with van der Waals surface area (Å²) in [5.74, 6) is -0.311. The Morgan fingerprint density at radius 3 is 2.88 bits per heavy atom. The number of nitrogens with one attached hydrogen (secondary N) is 1. The molecule has 2 N–H and O–H groups in total. The fourth-order valence-electron chi connectivity index (χ4n) is 1.84. The number of ether oxygens (including phenoxy) is 1. The average Bonchev–Trinajstić information content (AvgIpc) is 2.77. The molecule has 1 aliphatic rings. The van der Waals surface area contributed by atoms with Crippen molar-refractivity contribution in [2.24, 2.45) is 7.05 Å². The molecule has 0 bridgehead atoms. The lowest BCUT2D eigenvalue weighted by Crippen LogP contribution is -2.54. The number of aliphatic hydroxyl groups is 1. The molecule has 0 saturated carbocycles. The summed E-state index contributed by atoms with van der Waals surface area (Å²) >= 11 is 0. The number of hydrogen-bond acceptors (Lipinski definition) is 5. The maximum Gasteiger partial charge on any atom is 0.273 e. The molecule has 7 nitrogen and oxygen atoms in total. The van der Waals surface area contributed by atoms with Gasteiger partial charge in [-0.2, -0.15) is 0 Å². The van der Waals surface area contributed by atoms with Gasteiger partial charge in [0.05, 0.1) is 18.3 Å². The van der Waals surface area contributed by atoms with Crippen LogP contribution in [-0.4, -0.2) is 51.4 Å². The predicted molar refractivity (Wildman–Crippen MR) is 58.3 cm³/mol. The van der Waals surface area contributed by atoms with E-state index in [0.717, 1.165) is 0 Å². The van der Waals surface area contributed by atoms with Gasteiger partial charge >= 0.3 is 0 Å². The Kier molecular flexibility index (Phi) is 3.39. The fraction of sp³-hybridized carbons (Fsp3) is 0.700. The summed E-state index contributed by atoms with van der Waals surface area (Å²) in [6.45, 7) is 0.991. The molecule has 1 fully saturated rings. The number of carbonyl (C=O) groups excluding carboxylic acids is 1. The molecule has 1 aromatic rings. The van der Waals surface area contributed by atoms with Gasteiger partial charge in [0.1, 0.15) is 0 Å². The van der Waals surface area contributed by atoms with E-state index in [0.29, 0.717) is 26.1 Å². The van der Waals surface area contributed by atoms with E-state index < -0.39 is 5.54 Å². The van der Waals surface area contributed by atoms with Crippen molar-refractivity contribution >= 4 is 5.91 Å². The number of carbonyl (C=O) groups is 1. The van der Waals surface area contributed by atoms with Crippen LogP contribution in [-0.2, 0) is 11.8 Å². The molecule has 7 heteroatoms. The summed E-state index contributed by atoms with van der Waals surface area (Å²) < 4.78 is 6.69. The average molecular weight is 240 g/mol. The number of hydrogen-bond donors (Lipinski definition) is 2. The molecule has 0 aliphatic carbocycles. The van der Waals surface area contributed by atoms with Crippen molar-refractivity contribution in [3.05, 3.63) is 11.9 Å². The van der Waals surface area contributed by atoms with E-state index in [4.69, 9.17) is 4.74 Å². The number of aliphatic hydroxyl groups excluding tert-OH is 1. The molecule has 0 atom stereocenters. The molecule has 94 valence electrons. The van der Waals surface area contributed by atoms with Gasteiger partial charge in [-0.15, -0.1) is 5.10 Å². The van der Waals surface area contributed by atoms with Crippen LogP contribution in [0.15, 0.2) is 6.20 Å². The van der Waals surface area contributed by atoms with Crippen LogP contribution in [0.2, 0.25) is 0 Å². The van der Waals surface area contributed by atoms with Crippen LogP contribution in [0.5, 0.6) is 0 Å². The van der Waals surface area contributed by atoms with E-state index in [2.05, 4.69) is 15.6 Å². The summed E-state index contributed by atoms with van der Waals surface area (Å²) in [4.78, 5) is 11.9. The molecular weight excluding hydrogens is 224 g/mol. The number of amides is 1. The van der Waals surface area contributed by atoms with Crippen LogP contribution in [0, 0.1) is 0 Å². The van der Waals surface area contributed by atoms with Gasteiger partial charge in [0.2, 0.25) is 0 Å². The van der Waals surface area contributed by atoms with Crippen molar-refractivity contribution in [3.8, 4) is 0 Å². The zero-order valence-electron chi connectivity index (χ0n) is 9.72.